The second-order valence-electron chi connectivity index (χ2n) is 7.56. The summed E-state index contributed by atoms with van der Waals surface area (Å²) < 4.78 is 8.56. The quantitative estimate of drug-likeness (QED) is 0.370. The minimum Gasteiger partial charge on any atom is -0.382 e. The Labute approximate surface area is 192 Å². The first-order chi connectivity index (χ1) is 16.3. The van der Waals surface area contributed by atoms with E-state index in [2.05, 4.69) is 51.4 Å². The minimum absolute atomic E-state index is 0.360. The summed E-state index contributed by atoms with van der Waals surface area (Å²) in [5.41, 5.74) is 9.54. The molecule has 5 aromatic rings. The molecule has 2 N–H and O–H groups in total. The number of hydrogen-bond acceptors (Lipinski definition) is 5. The number of nitrogens with zero attached hydrogens (tertiary/aromatic N) is 4. The van der Waals surface area contributed by atoms with Crippen molar-refractivity contribution in [1.29, 1.82) is 0 Å². The number of nitrogen functional groups attached to an aromatic ring is 1. The van der Waals surface area contributed by atoms with Crippen LogP contribution in [0.1, 0.15) is 16.7 Å². The molecule has 2 aromatic heterocycles. The zero-order chi connectivity index (χ0) is 22.5. The first-order valence-corrected chi connectivity index (χ1v) is 10.7. The number of nitrogens with two attached hydrogens (primary N) is 1. The van der Waals surface area contributed by atoms with Crippen molar-refractivity contribution in [2.45, 2.75) is 5.60 Å². The van der Waals surface area contributed by atoms with Crippen molar-refractivity contribution in [2.24, 2.45) is 0 Å². The first kappa shape index (κ1) is 20.6. The van der Waals surface area contributed by atoms with Crippen LogP contribution < -0.4 is 5.73 Å². The van der Waals surface area contributed by atoms with Crippen LogP contribution in [0.5, 0.6) is 0 Å². The lowest BCUT2D eigenvalue weighted by atomic mass is 9.80. The van der Waals surface area contributed by atoms with Gasteiger partial charge in [0.1, 0.15) is 18.3 Å². The number of ether oxygens (including phenoxy) is 1. The summed E-state index contributed by atoms with van der Waals surface area (Å²) in [4.78, 5) is 12.6. The molecule has 0 spiro atoms. The maximum Gasteiger partial charge on any atom is 0.169 e. The van der Waals surface area contributed by atoms with Crippen molar-refractivity contribution in [3.63, 3.8) is 0 Å². The molecule has 0 aliphatic carbocycles. The van der Waals surface area contributed by atoms with E-state index in [1.54, 1.807) is 6.33 Å². The second kappa shape index (κ2) is 9.06. The second-order valence-corrected chi connectivity index (χ2v) is 7.56. The van der Waals surface area contributed by atoms with E-state index < -0.39 is 5.60 Å². The molecule has 6 nitrogen and oxygen atoms in total. The lowest BCUT2D eigenvalue weighted by molar-refractivity contribution is 0.0322. The number of benzene rings is 3. The third kappa shape index (κ3) is 3.88. The average molecular weight is 434 g/mol. The van der Waals surface area contributed by atoms with E-state index in [-0.39, 0.29) is 0 Å². The van der Waals surface area contributed by atoms with E-state index in [4.69, 9.17) is 10.5 Å². The smallest absolute Gasteiger partial charge is 0.169 e. The van der Waals surface area contributed by atoms with Gasteiger partial charge in [-0.2, -0.15) is 0 Å². The molecule has 0 radical (unpaired) electrons. The monoisotopic (exact) mass is 433 g/mol. The van der Waals surface area contributed by atoms with E-state index in [0.717, 1.165) is 16.7 Å². The van der Waals surface area contributed by atoms with E-state index in [1.807, 2.05) is 71.4 Å². The lowest BCUT2D eigenvalue weighted by Crippen LogP contribution is -2.33. The van der Waals surface area contributed by atoms with Gasteiger partial charge in [-0.15, -0.1) is 0 Å². The Balaban J connectivity index is 1.53. The standard InChI is InChI=1S/C27H23N5O/c28-25-24-26(30-19-29-25)32(20-31-24)17-10-18-33-27(21-11-4-1-5-12-21,22-13-6-2-7-14-22)23-15-8-3-9-16-23/h1-17,19-20H,18H2,(H2,28,29,30)/b17-10-. The molecule has 162 valence electrons. The number of aromatic nitrogens is 4. The van der Waals surface area contributed by atoms with Crippen molar-refractivity contribution in [1.82, 2.24) is 19.5 Å². The molecule has 2 heterocycles. The van der Waals surface area contributed by atoms with Gasteiger partial charge >= 0.3 is 0 Å². The van der Waals surface area contributed by atoms with Crippen molar-refractivity contribution in [2.75, 3.05) is 12.3 Å². The van der Waals surface area contributed by atoms with Gasteiger partial charge in [0.2, 0.25) is 0 Å². The van der Waals surface area contributed by atoms with Crippen LogP contribution in [0.2, 0.25) is 0 Å². The molecule has 0 bridgehead atoms. The number of fused-ring (bicyclic) bond motifs is 1. The Kier molecular flexibility index (Phi) is 5.66. The molecular formula is C27H23N5O. The number of hydrogen-bond donors (Lipinski definition) is 1. The van der Waals surface area contributed by atoms with Crippen LogP contribution in [0.25, 0.3) is 17.4 Å². The molecule has 3 aromatic carbocycles. The molecule has 0 atom stereocenters. The fourth-order valence-corrected chi connectivity index (χ4v) is 4.08. The highest BCUT2D eigenvalue weighted by atomic mass is 16.5. The van der Waals surface area contributed by atoms with E-state index in [9.17, 15) is 0 Å². The van der Waals surface area contributed by atoms with Gasteiger partial charge in [-0.05, 0) is 22.8 Å². The van der Waals surface area contributed by atoms with Gasteiger partial charge in [0.25, 0.3) is 0 Å². The summed E-state index contributed by atoms with van der Waals surface area (Å²) in [6, 6.07) is 30.9. The molecule has 0 saturated heterocycles. The van der Waals surface area contributed by atoms with E-state index in [0.29, 0.717) is 23.6 Å². The van der Waals surface area contributed by atoms with Gasteiger partial charge in [0.05, 0.1) is 6.61 Å². The van der Waals surface area contributed by atoms with Crippen molar-refractivity contribution in [3.8, 4) is 0 Å². The summed E-state index contributed by atoms with van der Waals surface area (Å²) in [7, 11) is 0. The average Bonchev–Trinajstić information content (AvgIpc) is 3.30. The van der Waals surface area contributed by atoms with Crippen molar-refractivity contribution >= 4 is 23.2 Å². The topological polar surface area (TPSA) is 78.9 Å². The Bertz CT molecular complexity index is 1270. The maximum absolute atomic E-state index is 6.74. The van der Waals surface area contributed by atoms with Gasteiger partial charge in [-0.3, -0.25) is 4.57 Å². The first-order valence-electron chi connectivity index (χ1n) is 10.7. The summed E-state index contributed by atoms with van der Waals surface area (Å²) in [5.74, 6) is 0.361. The summed E-state index contributed by atoms with van der Waals surface area (Å²) in [6.45, 7) is 0.360. The van der Waals surface area contributed by atoms with E-state index in [1.165, 1.54) is 6.33 Å². The summed E-state index contributed by atoms with van der Waals surface area (Å²) >= 11 is 0. The molecule has 0 saturated carbocycles. The third-order valence-electron chi connectivity index (χ3n) is 5.59. The van der Waals surface area contributed by atoms with Crippen LogP contribution in [0.3, 0.4) is 0 Å². The van der Waals surface area contributed by atoms with Crippen LogP contribution >= 0.6 is 0 Å². The fourth-order valence-electron chi connectivity index (χ4n) is 4.08. The number of anilines is 1. The fraction of sp³-hybridized carbons (Fsp3) is 0.0741. The number of imidazole rings is 1. The molecule has 5 rings (SSSR count). The highest BCUT2D eigenvalue weighted by Gasteiger charge is 2.37. The molecular weight excluding hydrogens is 410 g/mol. The third-order valence-corrected chi connectivity index (χ3v) is 5.59. The molecule has 0 aliphatic rings. The maximum atomic E-state index is 6.74. The van der Waals surface area contributed by atoms with Gasteiger partial charge in [-0.25, -0.2) is 15.0 Å². The predicted molar refractivity (Wildman–Crippen MR) is 130 cm³/mol. The van der Waals surface area contributed by atoms with Crippen LogP contribution in [0.15, 0.2) is 110 Å². The highest BCUT2D eigenvalue weighted by molar-refractivity contribution is 5.82. The van der Waals surface area contributed by atoms with Gasteiger partial charge in [-0.1, -0.05) is 91.0 Å². The van der Waals surface area contributed by atoms with Crippen LogP contribution in [0.4, 0.5) is 5.82 Å². The minimum atomic E-state index is -0.766. The van der Waals surface area contributed by atoms with E-state index >= 15 is 0 Å². The molecule has 0 unspecified atom stereocenters. The SMILES string of the molecule is Nc1ncnc2c1ncn2/C=C\COC(c1ccccc1)(c1ccccc1)c1ccccc1. The van der Waals surface area contributed by atoms with Gasteiger partial charge in [0.15, 0.2) is 17.0 Å². The molecule has 0 fully saturated rings. The normalized spacial score (nSPS) is 11.9. The number of rotatable bonds is 7. The summed E-state index contributed by atoms with van der Waals surface area (Å²) in [5, 5.41) is 0. The molecule has 33 heavy (non-hydrogen) atoms. The predicted octanol–water partition coefficient (Wildman–Crippen LogP) is 4.89. The van der Waals surface area contributed by atoms with Crippen molar-refractivity contribution < 1.29 is 4.74 Å². The summed E-state index contributed by atoms with van der Waals surface area (Å²) in [6.07, 6.45) is 6.94. The largest absolute Gasteiger partial charge is 0.382 e. The van der Waals surface area contributed by atoms with Crippen LogP contribution in [-0.2, 0) is 10.3 Å². The Morgan fingerprint density at radius 1 is 0.758 bits per heavy atom. The van der Waals surface area contributed by atoms with Crippen LogP contribution in [-0.4, -0.2) is 26.1 Å². The molecule has 6 heteroatoms. The highest BCUT2D eigenvalue weighted by Crippen LogP contribution is 2.40. The Morgan fingerprint density at radius 3 is 1.85 bits per heavy atom. The van der Waals surface area contributed by atoms with Gasteiger partial charge in [0, 0.05) is 6.20 Å². The zero-order valence-corrected chi connectivity index (χ0v) is 18.0. The van der Waals surface area contributed by atoms with Crippen LogP contribution in [0, 0.1) is 0 Å². The van der Waals surface area contributed by atoms with Crippen molar-refractivity contribution in [3.05, 3.63) is 126 Å². The lowest BCUT2D eigenvalue weighted by Gasteiger charge is -2.35. The molecule has 0 aliphatic heterocycles. The zero-order valence-electron chi connectivity index (χ0n) is 18.0. The Morgan fingerprint density at radius 2 is 1.30 bits per heavy atom. The molecule has 0 amide bonds. The van der Waals surface area contributed by atoms with Gasteiger partial charge < -0.3 is 10.5 Å². The Hall–Kier alpha value is -4.29.